The van der Waals surface area contributed by atoms with E-state index < -0.39 is 5.54 Å². The smallest absolute Gasteiger partial charge is 0.248 e. The van der Waals surface area contributed by atoms with Gasteiger partial charge >= 0.3 is 0 Å². The van der Waals surface area contributed by atoms with Crippen LogP contribution in [-0.2, 0) is 9.59 Å². The Hall–Kier alpha value is -1.06. The Kier molecular flexibility index (Phi) is 3.40. The topological polar surface area (TPSA) is 49.4 Å². The van der Waals surface area contributed by atoms with E-state index in [0.717, 1.165) is 32.2 Å². The summed E-state index contributed by atoms with van der Waals surface area (Å²) in [4.78, 5) is 26.1. The quantitative estimate of drug-likeness (QED) is 0.802. The first-order valence-corrected chi connectivity index (χ1v) is 6.68. The lowest BCUT2D eigenvalue weighted by molar-refractivity contribution is -0.139. The van der Waals surface area contributed by atoms with E-state index in [4.69, 9.17) is 0 Å². The van der Waals surface area contributed by atoms with Crippen molar-refractivity contribution < 1.29 is 9.59 Å². The largest absolute Gasteiger partial charge is 0.342 e. The predicted octanol–water partition coefficient (Wildman–Crippen LogP) is 1.30. The molecule has 1 aliphatic heterocycles. The van der Waals surface area contributed by atoms with Crippen LogP contribution in [0.2, 0.25) is 0 Å². The first-order valence-electron chi connectivity index (χ1n) is 6.68. The minimum Gasteiger partial charge on any atom is -0.342 e. The zero-order valence-electron chi connectivity index (χ0n) is 10.8. The monoisotopic (exact) mass is 238 g/mol. The van der Waals surface area contributed by atoms with Crippen LogP contribution in [0, 0.1) is 5.92 Å². The van der Waals surface area contributed by atoms with Crippen molar-refractivity contribution in [3.05, 3.63) is 0 Å². The average molecular weight is 238 g/mol. The molecule has 2 fully saturated rings. The third-order valence-electron chi connectivity index (χ3n) is 3.91. The van der Waals surface area contributed by atoms with Crippen molar-refractivity contribution in [3.63, 3.8) is 0 Å². The van der Waals surface area contributed by atoms with Crippen molar-refractivity contribution >= 4 is 11.8 Å². The van der Waals surface area contributed by atoms with Crippen molar-refractivity contribution in [1.29, 1.82) is 0 Å². The van der Waals surface area contributed by atoms with Crippen LogP contribution in [0.4, 0.5) is 0 Å². The highest BCUT2D eigenvalue weighted by molar-refractivity contribution is 5.93. The Morgan fingerprint density at radius 2 is 2.12 bits per heavy atom. The molecule has 4 nitrogen and oxygen atoms in total. The van der Waals surface area contributed by atoms with Crippen LogP contribution in [0.1, 0.15) is 46.0 Å². The van der Waals surface area contributed by atoms with Gasteiger partial charge in [-0.2, -0.15) is 0 Å². The van der Waals surface area contributed by atoms with E-state index in [0.29, 0.717) is 18.9 Å². The second-order valence-electron chi connectivity index (χ2n) is 5.42. The molecule has 1 atom stereocenters. The maximum atomic E-state index is 12.5. The number of nitrogens with zero attached hydrogens (tertiary/aromatic N) is 1. The molecule has 2 aliphatic rings. The van der Waals surface area contributed by atoms with E-state index in [1.54, 1.807) is 0 Å². The lowest BCUT2D eigenvalue weighted by Crippen LogP contribution is -2.56. The number of carbonyl (C=O) groups is 2. The SMILES string of the molecule is CCCCN1CCC(=O)NC(C)(C2CC2)C1=O. The van der Waals surface area contributed by atoms with Gasteiger partial charge in [0.1, 0.15) is 5.54 Å². The summed E-state index contributed by atoms with van der Waals surface area (Å²) in [5.74, 6) is 0.493. The Bertz CT molecular complexity index is 325. The standard InChI is InChI=1S/C13H22N2O2/c1-3-4-8-15-9-7-11(16)14-13(2,12(15)17)10-5-6-10/h10H,3-9H2,1-2H3,(H,14,16). The summed E-state index contributed by atoms with van der Waals surface area (Å²) in [5, 5.41) is 2.94. The summed E-state index contributed by atoms with van der Waals surface area (Å²) in [6, 6.07) is 0. The zero-order chi connectivity index (χ0) is 12.5. The van der Waals surface area contributed by atoms with Gasteiger partial charge in [0.05, 0.1) is 0 Å². The van der Waals surface area contributed by atoms with Crippen molar-refractivity contribution in [2.24, 2.45) is 5.92 Å². The number of hydrogen-bond donors (Lipinski definition) is 1. The van der Waals surface area contributed by atoms with Crippen molar-refractivity contribution in [2.45, 2.75) is 51.5 Å². The van der Waals surface area contributed by atoms with Gasteiger partial charge < -0.3 is 10.2 Å². The highest BCUT2D eigenvalue weighted by Crippen LogP contribution is 2.41. The second kappa shape index (κ2) is 4.67. The number of amides is 2. The molecule has 1 saturated carbocycles. The van der Waals surface area contributed by atoms with E-state index in [-0.39, 0.29) is 11.8 Å². The van der Waals surface area contributed by atoms with Crippen molar-refractivity contribution in [3.8, 4) is 0 Å². The molecule has 96 valence electrons. The molecule has 0 aromatic rings. The van der Waals surface area contributed by atoms with Gasteiger partial charge in [0.15, 0.2) is 0 Å². The molecule has 1 heterocycles. The maximum Gasteiger partial charge on any atom is 0.248 e. The molecule has 2 amide bonds. The third-order valence-corrected chi connectivity index (χ3v) is 3.91. The van der Waals surface area contributed by atoms with Crippen LogP contribution in [-0.4, -0.2) is 35.3 Å². The molecule has 0 bridgehead atoms. The molecular weight excluding hydrogens is 216 g/mol. The first kappa shape index (κ1) is 12.4. The summed E-state index contributed by atoms with van der Waals surface area (Å²) in [6.07, 6.45) is 4.65. The van der Waals surface area contributed by atoms with Gasteiger partial charge in [-0.25, -0.2) is 0 Å². The summed E-state index contributed by atoms with van der Waals surface area (Å²) < 4.78 is 0. The Morgan fingerprint density at radius 3 is 2.71 bits per heavy atom. The van der Waals surface area contributed by atoms with Gasteiger partial charge in [0.2, 0.25) is 11.8 Å². The van der Waals surface area contributed by atoms with Gasteiger partial charge in [-0.1, -0.05) is 13.3 Å². The molecule has 1 aliphatic carbocycles. The summed E-state index contributed by atoms with van der Waals surface area (Å²) in [5.41, 5.74) is -0.638. The average Bonchev–Trinajstić information content (AvgIpc) is 3.11. The van der Waals surface area contributed by atoms with Gasteiger partial charge in [-0.05, 0) is 32.1 Å². The molecule has 0 aromatic heterocycles. The molecule has 0 aromatic carbocycles. The van der Waals surface area contributed by atoms with Gasteiger partial charge in [0.25, 0.3) is 0 Å². The fourth-order valence-electron chi connectivity index (χ4n) is 2.57. The maximum absolute atomic E-state index is 12.5. The molecule has 2 rings (SSSR count). The fraction of sp³-hybridized carbons (Fsp3) is 0.846. The first-order chi connectivity index (χ1) is 8.08. The van der Waals surface area contributed by atoms with Gasteiger partial charge in [-0.15, -0.1) is 0 Å². The number of hydrogen-bond acceptors (Lipinski definition) is 2. The van der Waals surface area contributed by atoms with Crippen LogP contribution in [0.5, 0.6) is 0 Å². The summed E-state index contributed by atoms with van der Waals surface area (Å²) in [7, 11) is 0. The van der Waals surface area contributed by atoms with E-state index in [9.17, 15) is 9.59 Å². The normalized spacial score (nSPS) is 30.1. The summed E-state index contributed by atoms with van der Waals surface area (Å²) >= 11 is 0. The minimum absolute atomic E-state index is 0.0201. The van der Waals surface area contributed by atoms with Crippen LogP contribution < -0.4 is 5.32 Å². The number of rotatable bonds is 4. The molecule has 0 radical (unpaired) electrons. The predicted molar refractivity (Wildman–Crippen MR) is 65.4 cm³/mol. The second-order valence-corrected chi connectivity index (χ2v) is 5.42. The van der Waals surface area contributed by atoms with Crippen LogP contribution in [0.3, 0.4) is 0 Å². The Morgan fingerprint density at radius 1 is 1.41 bits per heavy atom. The lowest BCUT2D eigenvalue weighted by atomic mass is 9.94. The minimum atomic E-state index is -0.638. The highest BCUT2D eigenvalue weighted by atomic mass is 16.2. The molecule has 4 heteroatoms. The number of unbranched alkanes of at least 4 members (excludes halogenated alkanes) is 1. The van der Waals surface area contributed by atoms with Gasteiger partial charge in [0, 0.05) is 19.5 Å². The molecule has 17 heavy (non-hydrogen) atoms. The molecular formula is C13H22N2O2. The van der Waals surface area contributed by atoms with Crippen molar-refractivity contribution in [2.75, 3.05) is 13.1 Å². The highest BCUT2D eigenvalue weighted by Gasteiger charge is 2.50. The van der Waals surface area contributed by atoms with Crippen LogP contribution >= 0.6 is 0 Å². The zero-order valence-corrected chi connectivity index (χ0v) is 10.8. The van der Waals surface area contributed by atoms with Crippen LogP contribution in [0.25, 0.3) is 0 Å². The van der Waals surface area contributed by atoms with E-state index >= 15 is 0 Å². The third kappa shape index (κ3) is 2.45. The van der Waals surface area contributed by atoms with Crippen molar-refractivity contribution in [1.82, 2.24) is 10.2 Å². The van der Waals surface area contributed by atoms with Gasteiger partial charge in [-0.3, -0.25) is 9.59 Å². The van der Waals surface area contributed by atoms with E-state index in [2.05, 4.69) is 12.2 Å². The molecule has 0 spiro atoms. The Labute approximate surface area is 103 Å². The fourth-order valence-corrected chi connectivity index (χ4v) is 2.57. The van der Waals surface area contributed by atoms with Crippen LogP contribution in [0.15, 0.2) is 0 Å². The van der Waals surface area contributed by atoms with E-state index in [1.165, 1.54) is 0 Å². The summed E-state index contributed by atoms with van der Waals surface area (Å²) in [6.45, 7) is 5.38. The molecule has 1 saturated heterocycles. The number of carbonyl (C=O) groups excluding carboxylic acids is 2. The molecule has 1 N–H and O–H groups in total. The Balaban J connectivity index is 2.13. The van der Waals surface area contributed by atoms with E-state index in [1.807, 2.05) is 11.8 Å². The molecule has 1 unspecified atom stereocenters. The lowest BCUT2D eigenvalue weighted by Gasteiger charge is -2.32. The number of nitrogens with one attached hydrogen (secondary N) is 1.